The average Bonchev–Trinajstić information content (AvgIpc) is 2.81. The van der Waals surface area contributed by atoms with Crippen molar-refractivity contribution >= 4 is 10.0 Å². The van der Waals surface area contributed by atoms with Gasteiger partial charge < -0.3 is 9.73 Å². The summed E-state index contributed by atoms with van der Waals surface area (Å²) in [6.45, 7) is 9.31. The Morgan fingerprint density at radius 1 is 1.48 bits per heavy atom. The van der Waals surface area contributed by atoms with Gasteiger partial charge in [0.25, 0.3) is 0 Å². The Hall–Kier alpha value is -1.11. The van der Waals surface area contributed by atoms with Gasteiger partial charge in [0.15, 0.2) is 0 Å². The number of furan rings is 1. The van der Waals surface area contributed by atoms with E-state index in [-0.39, 0.29) is 4.90 Å². The first-order valence-corrected chi connectivity index (χ1v) is 8.74. The molecule has 6 heteroatoms. The number of hydrogen-bond donors (Lipinski definition) is 1. The summed E-state index contributed by atoms with van der Waals surface area (Å²) in [7, 11) is -1.89. The monoisotopic (exact) mass is 314 g/mol. The number of allylic oxidation sites excluding steroid dienone is 1. The highest BCUT2D eigenvalue weighted by molar-refractivity contribution is 7.89. The molecule has 0 unspecified atom stereocenters. The molecule has 0 aromatic carbocycles. The van der Waals surface area contributed by atoms with E-state index < -0.39 is 10.0 Å². The summed E-state index contributed by atoms with van der Waals surface area (Å²) in [5.74, 6) is 1.10. The van der Waals surface area contributed by atoms with Gasteiger partial charge in [-0.05, 0) is 32.7 Å². The SMILES string of the molecule is C=CCCCN(C)S(=O)(=O)c1cc(CNCCC)oc1C. The predicted octanol–water partition coefficient (Wildman–Crippen LogP) is 2.67. The highest BCUT2D eigenvalue weighted by Crippen LogP contribution is 2.23. The molecule has 0 bridgehead atoms. The highest BCUT2D eigenvalue weighted by Gasteiger charge is 2.25. The van der Waals surface area contributed by atoms with Gasteiger partial charge in [-0.25, -0.2) is 12.7 Å². The fourth-order valence-corrected chi connectivity index (χ4v) is 3.39. The molecule has 21 heavy (non-hydrogen) atoms. The summed E-state index contributed by atoms with van der Waals surface area (Å²) in [6.07, 6.45) is 4.38. The van der Waals surface area contributed by atoms with Crippen molar-refractivity contribution in [3.05, 3.63) is 30.2 Å². The molecule has 0 amide bonds. The van der Waals surface area contributed by atoms with Gasteiger partial charge in [0.1, 0.15) is 16.4 Å². The van der Waals surface area contributed by atoms with E-state index in [9.17, 15) is 8.42 Å². The van der Waals surface area contributed by atoms with Crippen LogP contribution in [-0.2, 0) is 16.6 Å². The Balaban J connectivity index is 2.80. The van der Waals surface area contributed by atoms with Crippen LogP contribution in [0, 0.1) is 6.92 Å². The lowest BCUT2D eigenvalue weighted by molar-refractivity contribution is 0.447. The van der Waals surface area contributed by atoms with Crippen molar-refractivity contribution in [2.24, 2.45) is 0 Å². The zero-order valence-electron chi connectivity index (χ0n) is 13.2. The Bertz CT molecular complexity index is 549. The van der Waals surface area contributed by atoms with Crippen molar-refractivity contribution in [3.8, 4) is 0 Å². The van der Waals surface area contributed by atoms with Gasteiger partial charge in [0, 0.05) is 19.7 Å². The largest absolute Gasteiger partial charge is 0.464 e. The molecule has 0 atom stereocenters. The van der Waals surface area contributed by atoms with Crippen LogP contribution in [0.15, 0.2) is 28.0 Å². The third kappa shape index (κ3) is 4.98. The molecular weight excluding hydrogens is 288 g/mol. The van der Waals surface area contributed by atoms with Crippen LogP contribution in [0.4, 0.5) is 0 Å². The van der Waals surface area contributed by atoms with E-state index in [4.69, 9.17) is 4.42 Å². The summed E-state index contributed by atoms with van der Waals surface area (Å²) in [6, 6.07) is 1.62. The molecule has 1 aromatic rings. The van der Waals surface area contributed by atoms with Gasteiger partial charge in [0.05, 0.1) is 6.54 Å². The first-order valence-electron chi connectivity index (χ1n) is 7.30. The molecule has 120 valence electrons. The number of nitrogens with zero attached hydrogens (tertiary/aromatic N) is 1. The van der Waals surface area contributed by atoms with Crippen molar-refractivity contribution in [3.63, 3.8) is 0 Å². The van der Waals surface area contributed by atoms with Crippen LogP contribution in [0.5, 0.6) is 0 Å². The third-order valence-corrected chi connectivity index (χ3v) is 5.18. The quantitative estimate of drug-likeness (QED) is 0.533. The summed E-state index contributed by atoms with van der Waals surface area (Å²) in [4.78, 5) is 0.261. The van der Waals surface area contributed by atoms with Gasteiger partial charge in [0.2, 0.25) is 10.0 Å². The molecule has 0 aliphatic carbocycles. The Morgan fingerprint density at radius 2 is 2.19 bits per heavy atom. The molecule has 1 heterocycles. The average molecular weight is 314 g/mol. The van der Waals surface area contributed by atoms with E-state index in [2.05, 4.69) is 18.8 Å². The maximum absolute atomic E-state index is 12.5. The third-order valence-electron chi connectivity index (χ3n) is 3.22. The fourth-order valence-electron chi connectivity index (χ4n) is 2.00. The summed E-state index contributed by atoms with van der Waals surface area (Å²) >= 11 is 0. The number of nitrogens with one attached hydrogen (secondary N) is 1. The minimum Gasteiger partial charge on any atom is -0.464 e. The van der Waals surface area contributed by atoms with Gasteiger partial charge >= 0.3 is 0 Å². The second-order valence-corrected chi connectivity index (χ2v) is 7.08. The molecule has 0 saturated heterocycles. The van der Waals surface area contributed by atoms with Gasteiger partial charge in [-0.2, -0.15) is 0 Å². The van der Waals surface area contributed by atoms with Gasteiger partial charge in [-0.1, -0.05) is 13.0 Å². The first kappa shape index (κ1) is 17.9. The highest BCUT2D eigenvalue weighted by atomic mass is 32.2. The van der Waals surface area contributed by atoms with Crippen LogP contribution in [-0.4, -0.2) is 32.9 Å². The molecule has 0 aliphatic rings. The number of aryl methyl sites for hydroxylation is 1. The van der Waals surface area contributed by atoms with Crippen LogP contribution in [0.2, 0.25) is 0 Å². The first-order chi connectivity index (χ1) is 9.93. The standard InChI is InChI=1S/C15H26N2O3S/c1-5-7-8-10-17(4)21(18,19)15-11-14(20-13(15)3)12-16-9-6-2/h5,11,16H,1,6-10,12H2,2-4H3. The number of unbranched alkanes of at least 4 members (excludes halogenated alkanes) is 1. The smallest absolute Gasteiger partial charge is 0.246 e. The Kier molecular flexibility index (Phi) is 7.14. The molecule has 0 spiro atoms. The number of rotatable bonds is 10. The number of sulfonamides is 1. The van der Waals surface area contributed by atoms with Crippen molar-refractivity contribution in [2.75, 3.05) is 20.1 Å². The molecule has 1 aromatic heterocycles. The van der Waals surface area contributed by atoms with E-state index in [1.54, 1.807) is 26.1 Å². The van der Waals surface area contributed by atoms with Crippen LogP contribution in [0.1, 0.15) is 37.7 Å². The summed E-state index contributed by atoms with van der Waals surface area (Å²) in [5.41, 5.74) is 0. The Morgan fingerprint density at radius 3 is 2.81 bits per heavy atom. The second-order valence-electron chi connectivity index (χ2n) is 5.07. The second kappa shape index (κ2) is 8.36. The maximum atomic E-state index is 12.5. The van der Waals surface area contributed by atoms with Crippen LogP contribution >= 0.6 is 0 Å². The lowest BCUT2D eigenvalue weighted by Crippen LogP contribution is -2.28. The zero-order chi connectivity index (χ0) is 15.9. The summed E-state index contributed by atoms with van der Waals surface area (Å²) in [5, 5.41) is 3.20. The van der Waals surface area contributed by atoms with Gasteiger partial charge in [-0.3, -0.25) is 0 Å². The molecular formula is C15H26N2O3S. The van der Waals surface area contributed by atoms with Gasteiger partial charge in [-0.15, -0.1) is 6.58 Å². The van der Waals surface area contributed by atoms with E-state index >= 15 is 0 Å². The minimum atomic E-state index is -3.48. The van der Waals surface area contributed by atoms with Crippen LogP contribution in [0.25, 0.3) is 0 Å². The van der Waals surface area contributed by atoms with Crippen LogP contribution < -0.4 is 5.32 Å². The van der Waals surface area contributed by atoms with E-state index in [0.29, 0.717) is 24.6 Å². The van der Waals surface area contributed by atoms with E-state index in [0.717, 1.165) is 25.8 Å². The zero-order valence-corrected chi connectivity index (χ0v) is 14.0. The summed E-state index contributed by atoms with van der Waals surface area (Å²) < 4.78 is 31.9. The molecule has 5 nitrogen and oxygen atoms in total. The van der Waals surface area contributed by atoms with Crippen molar-refractivity contribution in [1.82, 2.24) is 9.62 Å². The molecule has 0 aliphatic heterocycles. The minimum absolute atomic E-state index is 0.261. The molecule has 0 saturated carbocycles. The van der Waals surface area contributed by atoms with Crippen LogP contribution in [0.3, 0.4) is 0 Å². The fraction of sp³-hybridized carbons (Fsp3) is 0.600. The molecule has 1 N–H and O–H groups in total. The van der Waals surface area contributed by atoms with E-state index in [1.165, 1.54) is 4.31 Å². The Labute approximate surface area is 128 Å². The van der Waals surface area contributed by atoms with Crippen molar-refractivity contribution in [1.29, 1.82) is 0 Å². The lowest BCUT2D eigenvalue weighted by atomic mass is 10.3. The van der Waals surface area contributed by atoms with Crippen molar-refractivity contribution in [2.45, 2.75) is 44.6 Å². The normalized spacial score (nSPS) is 12.0. The molecule has 0 fully saturated rings. The van der Waals surface area contributed by atoms with E-state index in [1.807, 2.05) is 0 Å². The molecule has 0 radical (unpaired) electrons. The van der Waals surface area contributed by atoms with Crippen molar-refractivity contribution < 1.29 is 12.8 Å². The number of hydrogen-bond acceptors (Lipinski definition) is 4. The maximum Gasteiger partial charge on any atom is 0.246 e. The lowest BCUT2D eigenvalue weighted by Gasteiger charge is -2.15. The predicted molar refractivity (Wildman–Crippen MR) is 84.7 cm³/mol. The topological polar surface area (TPSA) is 62.6 Å². The molecule has 1 rings (SSSR count).